The van der Waals surface area contributed by atoms with E-state index in [1.807, 2.05) is 48.5 Å². The summed E-state index contributed by atoms with van der Waals surface area (Å²) in [5.41, 5.74) is 2.92. The summed E-state index contributed by atoms with van der Waals surface area (Å²) >= 11 is 0. The van der Waals surface area contributed by atoms with Crippen molar-refractivity contribution in [2.45, 2.75) is 38.5 Å². The predicted octanol–water partition coefficient (Wildman–Crippen LogP) is 5.78. The molecule has 0 aromatic heterocycles. The maximum atomic E-state index is 4.75. The Morgan fingerprint density at radius 1 is 0.870 bits per heavy atom. The van der Waals surface area contributed by atoms with Gasteiger partial charge in [-0.2, -0.15) is 0 Å². The second kappa shape index (κ2) is 8.34. The lowest BCUT2D eigenvalue weighted by Gasteiger charge is -2.18. The van der Waals surface area contributed by atoms with Crippen LogP contribution in [-0.2, 0) is 0 Å². The number of aliphatic imine (C=N–C) groups is 1. The van der Waals surface area contributed by atoms with Gasteiger partial charge in [0.15, 0.2) is 0 Å². The van der Waals surface area contributed by atoms with Gasteiger partial charge in [-0.1, -0.05) is 73.7 Å². The van der Waals surface area contributed by atoms with Crippen molar-refractivity contribution in [1.29, 1.82) is 0 Å². The van der Waals surface area contributed by atoms with Gasteiger partial charge in [0.2, 0.25) is 0 Å². The molecule has 0 bridgehead atoms. The molecule has 1 aliphatic rings. The molecule has 116 valence electrons. The average molecular weight is 301 g/mol. The van der Waals surface area contributed by atoms with E-state index < -0.39 is 0 Å². The Bertz CT molecular complexity index is 683. The van der Waals surface area contributed by atoms with Crippen molar-refractivity contribution >= 4 is 11.4 Å². The molecule has 2 aromatic rings. The van der Waals surface area contributed by atoms with Crippen LogP contribution in [0.1, 0.15) is 44.1 Å². The van der Waals surface area contributed by atoms with Gasteiger partial charge in [0.05, 0.1) is 5.69 Å². The zero-order chi connectivity index (χ0) is 15.7. The Hall–Kier alpha value is -2.33. The number of benzene rings is 2. The molecule has 0 amide bonds. The maximum absolute atomic E-state index is 4.75. The van der Waals surface area contributed by atoms with E-state index in [2.05, 4.69) is 24.0 Å². The number of para-hydroxylation sites is 1. The Morgan fingerprint density at radius 2 is 1.52 bits per heavy atom. The number of hydrogen-bond acceptors (Lipinski definition) is 1. The van der Waals surface area contributed by atoms with Crippen molar-refractivity contribution in [3.05, 3.63) is 66.2 Å². The molecule has 3 rings (SSSR count). The molecule has 0 heterocycles. The van der Waals surface area contributed by atoms with E-state index in [1.54, 1.807) is 0 Å². The van der Waals surface area contributed by atoms with Crippen molar-refractivity contribution in [1.82, 2.24) is 0 Å². The molecule has 1 saturated carbocycles. The quantitative estimate of drug-likeness (QED) is 0.503. The fraction of sp³-hybridized carbons (Fsp3) is 0.318. The second-order valence-electron chi connectivity index (χ2n) is 6.17. The number of hydrogen-bond donors (Lipinski definition) is 0. The van der Waals surface area contributed by atoms with Crippen LogP contribution in [0.4, 0.5) is 5.69 Å². The van der Waals surface area contributed by atoms with E-state index in [4.69, 9.17) is 4.99 Å². The molecule has 0 atom stereocenters. The Labute approximate surface area is 139 Å². The standard InChI is InChI=1S/C22H23N/c1-4-11-19(12-5-1)13-10-18-22(20-14-6-2-7-15-20)23-21-16-8-3-9-17-21/h2-3,6-9,14-17,19H,1,4-5,11-13H2. The van der Waals surface area contributed by atoms with Gasteiger partial charge in [-0.3, -0.25) is 0 Å². The molecule has 1 aliphatic carbocycles. The molecule has 0 radical (unpaired) electrons. The highest BCUT2D eigenvalue weighted by molar-refractivity contribution is 6.14. The Morgan fingerprint density at radius 3 is 2.22 bits per heavy atom. The van der Waals surface area contributed by atoms with Crippen molar-refractivity contribution in [2.24, 2.45) is 10.9 Å². The van der Waals surface area contributed by atoms with Crippen LogP contribution in [0.15, 0.2) is 65.7 Å². The molecule has 0 saturated heterocycles. The first-order chi connectivity index (χ1) is 11.4. The molecule has 1 heteroatoms. The van der Waals surface area contributed by atoms with E-state index in [9.17, 15) is 0 Å². The van der Waals surface area contributed by atoms with Gasteiger partial charge in [-0.05, 0) is 36.8 Å². The van der Waals surface area contributed by atoms with Crippen LogP contribution in [0.5, 0.6) is 0 Å². The number of rotatable bonds is 3. The highest BCUT2D eigenvalue weighted by Crippen LogP contribution is 2.25. The minimum absolute atomic E-state index is 0.782. The van der Waals surface area contributed by atoms with Crippen molar-refractivity contribution in [3.8, 4) is 11.8 Å². The minimum Gasteiger partial charge on any atom is -0.239 e. The first-order valence-corrected chi connectivity index (χ1v) is 8.60. The molecule has 0 unspecified atom stereocenters. The van der Waals surface area contributed by atoms with E-state index in [-0.39, 0.29) is 0 Å². The van der Waals surface area contributed by atoms with Crippen LogP contribution in [-0.4, -0.2) is 5.71 Å². The third-order valence-corrected chi connectivity index (χ3v) is 4.37. The summed E-state index contributed by atoms with van der Waals surface area (Å²) in [5, 5.41) is 0. The zero-order valence-corrected chi connectivity index (χ0v) is 13.5. The predicted molar refractivity (Wildman–Crippen MR) is 98.0 cm³/mol. The van der Waals surface area contributed by atoms with Gasteiger partial charge in [-0.25, -0.2) is 4.99 Å². The summed E-state index contributed by atoms with van der Waals surface area (Å²) in [7, 11) is 0. The second-order valence-corrected chi connectivity index (χ2v) is 6.17. The van der Waals surface area contributed by atoms with Crippen LogP contribution in [0.2, 0.25) is 0 Å². The highest BCUT2D eigenvalue weighted by Gasteiger charge is 2.11. The van der Waals surface area contributed by atoms with Crippen LogP contribution < -0.4 is 0 Å². The van der Waals surface area contributed by atoms with Gasteiger partial charge in [0.25, 0.3) is 0 Å². The third kappa shape index (κ3) is 4.83. The fourth-order valence-corrected chi connectivity index (χ4v) is 3.06. The average Bonchev–Trinajstić information content (AvgIpc) is 2.63. The van der Waals surface area contributed by atoms with Gasteiger partial charge in [0, 0.05) is 12.0 Å². The molecule has 2 aromatic carbocycles. The lowest BCUT2D eigenvalue weighted by molar-refractivity contribution is 0.365. The van der Waals surface area contributed by atoms with Crippen molar-refractivity contribution in [3.63, 3.8) is 0 Å². The Balaban J connectivity index is 1.80. The van der Waals surface area contributed by atoms with E-state index in [0.717, 1.165) is 29.3 Å². The molecular weight excluding hydrogens is 278 g/mol. The van der Waals surface area contributed by atoms with Gasteiger partial charge in [0.1, 0.15) is 5.71 Å². The summed E-state index contributed by atoms with van der Waals surface area (Å²) < 4.78 is 0. The van der Waals surface area contributed by atoms with Crippen LogP contribution in [0, 0.1) is 17.8 Å². The van der Waals surface area contributed by atoms with Crippen LogP contribution >= 0.6 is 0 Å². The number of nitrogens with zero attached hydrogens (tertiary/aromatic N) is 1. The summed E-state index contributed by atoms with van der Waals surface area (Å²) in [4.78, 5) is 4.75. The molecule has 0 spiro atoms. The first-order valence-electron chi connectivity index (χ1n) is 8.60. The Kier molecular flexibility index (Phi) is 5.64. The van der Waals surface area contributed by atoms with Crippen LogP contribution in [0.25, 0.3) is 0 Å². The summed E-state index contributed by atoms with van der Waals surface area (Å²) in [6.45, 7) is 0. The molecule has 1 nitrogen and oxygen atoms in total. The molecule has 0 N–H and O–H groups in total. The summed E-state index contributed by atoms with van der Waals surface area (Å²) in [5.74, 6) is 7.51. The zero-order valence-electron chi connectivity index (χ0n) is 13.5. The van der Waals surface area contributed by atoms with E-state index >= 15 is 0 Å². The molecule has 1 fully saturated rings. The van der Waals surface area contributed by atoms with Crippen molar-refractivity contribution in [2.75, 3.05) is 0 Å². The SMILES string of the molecule is C(#CC(=Nc1ccccc1)c1ccccc1)CC1CCCCC1. The first kappa shape index (κ1) is 15.6. The monoisotopic (exact) mass is 301 g/mol. The van der Waals surface area contributed by atoms with E-state index in [1.165, 1.54) is 32.1 Å². The highest BCUT2D eigenvalue weighted by atomic mass is 14.7. The topological polar surface area (TPSA) is 12.4 Å². The van der Waals surface area contributed by atoms with Gasteiger partial charge < -0.3 is 0 Å². The summed E-state index contributed by atoms with van der Waals surface area (Å²) in [6, 6.07) is 20.3. The largest absolute Gasteiger partial charge is 0.239 e. The smallest absolute Gasteiger partial charge is 0.121 e. The molecule has 0 aliphatic heterocycles. The van der Waals surface area contributed by atoms with E-state index in [0.29, 0.717) is 0 Å². The maximum Gasteiger partial charge on any atom is 0.121 e. The normalized spacial score (nSPS) is 15.7. The lowest BCUT2D eigenvalue weighted by atomic mass is 9.87. The van der Waals surface area contributed by atoms with Gasteiger partial charge >= 0.3 is 0 Å². The fourth-order valence-electron chi connectivity index (χ4n) is 3.06. The summed E-state index contributed by atoms with van der Waals surface area (Å²) in [6.07, 6.45) is 7.82. The molecule has 23 heavy (non-hydrogen) atoms. The van der Waals surface area contributed by atoms with Gasteiger partial charge in [-0.15, -0.1) is 0 Å². The van der Waals surface area contributed by atoms with Crippen LogP contribution in [0.3, 0.4) is 0 Å². The van der Waals surface area contributed by atoms with Crippen molar-refractivity contribution < 1.29 is 0 Å². The lowest BCUT2D eigenvalue weighted by Crippen LogP contribution is -2.05. The minimum atomic E-state index is 0.782. The third-order valence-electron chi connectivity index (χ3n) is 4.37. The molecular formula is C22H23N.